The van der Waals surface area contributed by atoms with Crippen LogP contribution in [0.2, 0.25) is 0 Å². The summed E-state index contributed by atoms with van der Waals surface area (Å²) in [4.78, 5) is 74.8. The third-order valence-corrected chi connectivity index (χ3v) is 14.7. The minimum Gasteiger partial charge on any atom is -0.375 e. The molecule has 16 nitrogen and oxygen atoms in total. The molecule has 3 aromatic rings. The molecule has 2 aromatic heterocycles. The van der Waals surface area contributed by atoms with Gasteiger partial charge in [0.15, 0.2) is 0 Å². The van der Waals surface area contributed by atoms with Crippen LogP contribution in [-0.2, 0) is 53.4 Å². The number of amides is 4. The van der Waals surface area contributed by atoms with Crippen LogP contribution >= 0.6 is 11.3 Å². The Kier molecular flexibility index (Phi) is 12.0. The van der Waals surface area contributed by atoms with Gasteiger partial charge in [-0.2, -0.15) is 0 Å². The molecule has 4 fully saturated rings. The van der Waals surface area contributed by atoms with Gasteiger partial charge in [-0.15, -0.1) is 16.4 Å². The second-order valence-corrected chi connectivity index (χ2v) is 20.4. The van der Waals surface area contributed by atoms with Crippen LogP contribution in [0.4, 0.5) is 0 Å². The number of hydrogen-bond acceptors (Lipinski definition) is 12. The molecule has 6 aliphatic rings. The highest BCUT2D eigenvalue weighted by atomic mass is 32.1. The van der Waals surface area contributed by atoms with Gasteiger partial charge in [0.1, 0.15) is 18.2 Å². The van der Waals surface area contributed by atoms with Crippen molar-refractivity contribution < 1.29 is 33.5 Å². The summed E-state index contributed by atoms with van der Waals surface area (Å²) < 4.78 is 14.6. The number of benzene rings is 1. The van der Waals surface area contributed by atoms with E-state index < -0.39 is 29.8 Å². The standard InChI is InChI=1S/C47H61N9O7S/c1-9-38(57)53-24-47(25-53)16-19-54(44(47)60)40(27(2)3)42(58)50-33-21-37-49-34(23-64-37)29-14-15-35-31(20-29)32(41(52(35)7)30-12-10-17-48-39(30)28(4)61-8)22-46(5,6)26-62-45-56(63-45)36-13-11-18-55(51-36)43(33)59/h9,14-15,17,20,23,27-28,33,36,40,45,51H,1,10-13,16,18-19,21-22,24-26H2,2-8H3,(H,50,58)/t28-,33-,36+,40-,45?,56?/m0/s1. The van der Waals surface area contributed by atoms with Crippen molar-refractivity contribution >= 4 is 57.7 Å². The molecule has 8 heterocycles. The number of hydroxylamine groups is 2. The molecule has 9 rings (SSSR count). The second-order valence-electron chi connectivity index (χ2n) is 19.4. The number of nitrogens with one attached hydrogen (secondary N) is 2. The van der Waals surface area contributed by atoms with Crippen LogP contribution in [0.3, 0.4) is 0 Å². The lowest BCUT2D eigenvalue weighted by molar-refractivity contribution is -0.155. The van der Waals surface area contributed by atoms with Gasteiger partial charge in [-0.25, -0.2) is 15.2 Å². The Hall–Kier alpha value is -4.78. The Balaban J connectivity index is 1.06. The summed E-state index contributed by atoms with van der Waals surface area (Å²) in [5, 5.41) is 10.3. The van der Waals surface area contributed by atoms with Gasteiger partial charge < -0.3 is 29.2 Å². The summed E-state index contributed by atoms with van der Waals surface area (Å²) in [7, 11) is 3.85. The van der Waals surface area contributed by atoms with E-state index >= 15 is 0 Å². The third-order valence-electron chi connectivity index (χ3n) is 13.9. The van der Waals surface area contributed by atoms with Crippen molar-refractivity contribution in [1.29, 1.82) is 0 Å². The van der Waals surface area contributed by atoms with Gasteiger partial charge in [0.25, 0.3) is 12.3 Å². The first kappa shape index (κ1) is 44.4. The zero-order valence-electron chi connectivity index (χ0n) is 38.0. The molecule has 2 unspecified atom stereocenters. The van der Waals surface area contributed by atoms with Crippen molar-refractivity contribution in [3.63, 3.8) is 0 Å². The average molecular weight is 896 g/mol. The minimum atomic E-state index is -0.985. The number of rotatable bonds is 8. The number of thiazole rings is 1. The normalized spacial score (nSPS) is 26.4. The largest absolute Gasteiger partial charge is 0.375 e. The molecule has 6 bridgehead atoms. The fourth-order valence-electron chi connectivity index (χ4n) is 10.4. The van der Waals surface area contributed by atoms with E-state index in [2.05, 4.69) is 61.0 Å². The number of fused-ring (bicyclic) bond motifs is 8. The van der Waals surface area contributed by atoms with Crippen LogP contribution in [0.5, 0.6) is 0 Å². The van der Waals surface area contributed by atoms with Crippen molar-refractivity contribution in [2.45, 2.75) is 110 Å². The van der Waals surface area contributed by atoms with Crippen molar-refractivity contribution in [3.05, 3.63) is 58.2 Å². The topological polar surface area (TPSA) is 166 Å². The number of aryl methyl sites for hydroxylation is 1. The lowest BCUT2D eigenvalue weighted by Gasteiger charge is -2.46. The fourth-order valence-corrected chi connectivity index (χ4v) is 11.2. The number of aliphatic imine (C=N–C) groups is 1. The van der Waals surface area contributed by atoms with E-state index in [1.54, 1.807) is 27.0 Å². The monoisotopic (exact) mass is 895 g/mol. The zero-order chi connectivity index (χ0) is 45.2. The molecule has 0 saturated carbocycles. The van der Waals surface area contributed by atoms with Gasteiger partial charge >= 0.3 is 0 Å². The summed E-state index contributed by atoms with van der Waals surface area (Å²) >= 11 is 1.46. The van der Waals surface area contributed by atoms with Gasteiger partial charge in [-0.3, -0.25) is 29.2 Å². The van der Waals surface area contributed by atoms with Gasteiger partial charge in [-0.05, 0) is 80.6 Å². The zero-order valence-corrected chi connectivity index (χ0v) is 38.8. The van der Waals surface area contributed by atoms with Crippen molar-refractivity contribution in [1.82, 2.24) is 40.2 Å². The van der Waals surface area contributed by atoms with Gasteiger partial charge in [0.05, 0.1) is 34.5 Å². The van der Waals surface area contributed by atoms with Crippen LogP contribution in [0, 0.1) is 16.7 Å². The Labute approximate surface area is 378 Å². The Morgan fingerprint density at radius 2 is 1.95 bits per heavy atom. The number of carbonyl (C=O) groups excluding carboxylic acids is 4. The third kappa shape index (κ3) is 8.12. The number of allylic oxidation sites excluding steroid dienone is 1. The maximum atomic E-state index is 14.7. The maximum absolute atomic E-state index is 14.7. The summed E-state index contributed by atoms with van der Waals surface area (Å²) in [5.41, 5.74) is 9.68. The highest BCUT2D eigenvalue weighted by Crippen LogP contribution is 2.44. The van der Waals surface area contributed by atoms with Crippen molar-refractivity contribution in [3.8, 4) is 11.3 Å². The Morgan fingerprint density at radius 3 is 2.70 bits per heavy atom. The van der Waals surface area contributed by atoms with E-state index in [0.29, 0.717) is 50.6 Å². The van der Waals surface area contributed by atoms with Gasteiger partial charge in [-0.1, -0.05) is 40.3 Å². The van der Waals surface area contributed by atoms with Crippen LogP contribution in [0.1, 0.15) is 83.0 Å². The maximum Gasteiger partial charge on any atom is 0.260 e. The number of hydrazine groups is 1. The summed E-state index contributed by atoms with van der Waals surface area (Å²) in [6.45, 7) is 15.7. The first-order valence-corrected chi connectivity index (χ1v) is 23.5. The fraction of sp³-hybridized carbons (Fsp3) is 0.574. The van der Waals surface area contributed by atoms with Crippen LogP contribution in [0.25, 0.3) is 27.7 Å². The molecule has 1 aromatic carbocycles. The number of carbonyl (C=O) groups is 4. The van der Waals surface area contributed by atoms with Gasteiger partial charge in [0.2, 0.25) is 17.7 Å². The first-order valence-electron chi connectivity index (χ1n) is 22.6. The van der Waals surface area contributed by atoms with Crippen molar-refractivity contribution in [2.75, 3.05) is 39.9 Å². The number of hydrogen-bond donors (Lipinski definition) is 2. The van der Waals surface area contributed by atoms with Gasteiger partial charge in [0, 0.05) is 86.1 Å². The summed E-state index contributed by atoms with van der Waals surface area (Å²) in [6, 6.07) is 4.68. The molecule has 6 aliphatic heterocycles. The van der Waals surface area contributed by atoms with E-state index in [0.717, 1.165) is 59.2 Å². The molecule has 2 N–H and O–H groups in total. The number of aromatic nitrogens is 2. The molecule has 342 valence electrons. The lowest BCUT2D eigenvalue weighted by atomic mass is 9.78. The molecule has 1 spiro atoms. The molecule has 4 amide bonds. The molecule has 64 heavy (non-hydrogen) atoms. The van der Waals surface area contributed by atoms with E-state index in [9.17, 15) is 19.2 Å². The quantitative estimate of drug-likeness (QED) is 0.237. The predicted octanol–water partition coefficient (Wildman–Crippen LogP) is 4.79. The molecule has 6 atom stereocenters. The SMILES string of the molecule is C=CC(=O)N1CC2(CCN([C@H](C(=O)N[C@H]3Cc4nc(cs4)-c4ccc5c(c4)c(c(C4=C([C@H](C)OC)N=CCC4)n5C)CC(C)(C)COC4ON4[C@@H]4CCCN(N4)C3=O)C(C)C)C2=O)C1. The molecular formula is C47H61N9O7S. The minimum absolute atomic E-state index is 0.135. The molecule has 4 saturated heterocycles. The molecular weight excluding hydrogens is 835 g/mol. The molecule has 0 aliphatic carbocycles. The molecule has 17 heteroatoms. The first-order chi connectivity index (χ1) is 30.6. The number of ether oxygens (including phenoxy) is 2. The average Bonchev–Trinajstić information content (AvgIpc) is 3.65. The summed E-state index contributed by atoms with van der Waals surface area (Å²) in [6.07, 6.45) is 6.71. The number of likely N-dealkylation sites (tertiary alicyclic amines) is 2. The predicted molar refractivity (Wildman–Crippen MR) is 243 cm³/mol. The van der Waals surface area contributed by atoms with E-state index in [1.165, 1.54) is 28.5 Å². The molecule has 0 radical (unpaired) electrons. The lowest BCUT2D eigenvalue weighted by Crippen LogP contribution is -2.64. The second kappa shape index (κ2) is 17.2. The Morgan fingerprint density at radius 1 is 1.16 bits per heavy atom. The van der Waals surface area contributed by atoms with Crippen LogP contribution in [-0.4, -0.2) is 130 Å². The van der Waals surface area contributed by atoms with E-state index in [4.69, 9.17) is 24.3 Å². The highest BCUT2D eigenvalue weighted by molar-refractivity contribution is 7.10. The Bertz CT molecular complexity index is 2430. The summed E-state index contributed by atoms with van der Waals surface area (Å²) in [5.74, 6) is -1.29. The van der Waals surface area contributed by atoms with Crippen molar-refractivity contribution in [2.24, 2.45) is 28.8 Å². The van der Waals surface area contributed by atoms with E-state index in [1.807, 2.05) is 32.4 Å². The van der Waals surface area contributed by atoms with E-state index in [-0.39, 0.29) is 47.7 Å². The smallest absolute Gasteiger partial charge is 0.260 e. The number of methoxy groups -OCH3 is 1. The van der Waals surface area contributed by atoms with Crippen LogP contribution < -0.4 is 10.7 Å². The number of nitrogens with zero attached hydrogens (tertiary/aromatic N) is 7. The van der Waals surface area contributed by atoms with Crippen LogP contribution in [0.15, 0.2) is 46.9 Å². The highest BCUT2D eigenvalue weighted by Gasteiger charge is 2.58.